The second-order valence-corrected chi connectivity index (χ2v) is 4.26. The molecule has 0 radical (unpaired) electrons. The maximum Gasteiger partial charge on any atom is 0.218 e. The Balaban J connectivity index is 2.48. The molecule has 0 saturated carbocycles. The van der Waals surface area contributed by atoms with Gasteiger partial charge in [-0.05, 0) is 25.4 Å². The summed E-state index contributed by atoms with van der Waals surface area (Å²) in [5.74, 6) is 2.55. The summed E-state index contributed by atoms with van der Waals surface area (Å²) in [5.41, 5.74) is 0. The lowest BCUT2D eigenvalue weighted by Gasteiger charge is -2.13. The van der Waals surface area contributed by atoms with Crippen LogP contribution < -0.4 is 10.1 Å². The van der Waals surface area contributed by atoms with Gasteiger partial charge in [0.2, 0.25) is 5.88 Å². The molecule has 1 aromatic rings. The van der Waals surface area contributed by atoms with Crippen molar-refractivity contribution < 1.29 is 4.74 Å². The van der Waals surface area contributed by atoms with E-state index in [1.807, 2.05) is 11.8 Å². The summed E-state index contributed by atoms with van der Waals surface area (Å²) < 4.78 is 5.02. The van der Waals surface area contributed by atoms with Gasteiger partial charge in [0.1, 0.15) is 12.1 Å². The molecule has 0 aliphatic carbocycles. The number of rotatable bonds is 6. The third-order valence-electron chi connectivity index (χ3n) is 2.00. The van der Waals surface area contributed by atoms with Gasteiger partial charge < -0.3 is 10.1 Å². The fourth-order valence-corrected chi connectivity index (χ4v) is 1.74. The van der Waals surface area contributed by atoms with Crippen LogP contribution in [0.3, 0.4) is 0 Å². The second-order valence-electron chi connectivity index (χ2n) is 3.27. The number of ether oxygens (including phenoxy) is 1. The van der Waals surface area contributed by atoms with E-state index >= 15 is 0 Å². The van der Waals surface area contributed by atoms with Crippen LogP contribution >= 0.6 is 11.8 Å². The fraction of sp³-hybridized carbons (Fsp3) is 0.600. The lowest BCUT2D eigenvalue weighted by molar-refractivity contribution is 0.397. The van der Waals surface area contributed by atoms with Crippen molar-refractivity contribution in [1.29, 1.82) is 0 Å². The standard InChI is InChI=1S/C10H17N3OS/c1-8(4-5-15-3)13-9-6-10(14-2)12-7-11-9/h6-8H,4-5H2,1-3H3,(H,11,12,13). The first kappa shape index (κ1) is 12.1. The lowest BCUT2D eigenvalue weighted by Crippen LogP contribution is -2.16. The SMILES string of the molecule is COc1cc(NC(C)CCSC)ncn1. The summed E-state index contributed by atoms with van der Waals surface area (Å²) in [7, 11) is 1.60. The molecule has 1 rings (SSSR count). The van der Waals surface area contributed by atoms with Crippen molar-refractivity contribution >= 4 is 17.6 Å². The summed E-state index contributed by atoms with van der Waals surface area (Å²) in [5, 5.41) is 3.31. The molecule has 15 heavy (non-hydrogen) atoms. The smallest absolute Gasteiger partial charge is 0.218 e. The number of nitrogens with one attached hydrogen (secondary N) is 1. The molecular formula is C10H17N3OS. The van der Waals surface area contributed by atoms with Gasteiger partial charge in [-0.2, -0.15) is 11.8 Å². The normalized spacial score (nSPS) is 12.2. The Morgan fingerprint density at radius 1 is 1.53 bits per heavy atom. The van der Waals surface area contributed by atoms with Crippen LogP contribution in [0.1, 0.15) is 13.3 Å². The minimum atomic E-state index is 0.414. The van der Waals surface area contributed by atoms with E-state index in [1.165, 1.54) is 6.33 Å². The van der Waals surface area contributed by atoms with Gasteiger partial charge in [-0.25, -0.2) is 9.97 Å². The van der Waals surface area contributed by atoms with Crippen LogP contribution in [-0.4, -0.2) is 35.1 Å². The molecule has 1 atom stereocenters. The van der Waals surface area contributed by atoms with Crippen LogP contribution in [-0.2, 0) is 0 Å². The minimum absolute atomic E-state index is 0.414. The van der Waals surface area contributed by atoms with E-state index < -0.39 is 0 Å². The van der Waals surface area contributed by atoms with Crippen molar-refractivity contribution in [2.24, 2.45) is 0 Å². The summed E-state index contributed by atoms with van der Waals surface area (Å²) >= 11 is 1.85. The van der Waals surface area contributed by atoms with Crippen LogP contribution in [0, 0.1) is 0 Å². The molecule has 0 amide bonds. The van der Waals surface area contributed by atoms with Crippen molar-refractivity contribution in [1.82, 2.24) is 9.97 Å². The van der Waals surface area contributed by atoms with Crippen molar-refractivity contribution in [3.63, 3.8) is 0 Å². The summed E-state index contributed by atoms with van der Waals surface area (Å²) in [4.78, 5) is 8.08. The molecule has 0 aliphatic rings. The number of nitrogens with zero attached hydrogens (tertiary/aromatic N) is 2. The van der Waals surface area contributed by atoms with Crippen molar-refractivity contribution in [2.75, 3.05) is 24.4 Å². The zero-order chi connectivity index (χ0) is 11.1. The van der Waals surface area contributed by atoms with E-state index in [-0.39, 0.29) is 0 Å². The highest BCUT2D eigenvalue weighted by Crippen LogP contribution is 2.12. The van der Waals surface area contributed by atoms with Gasteiger partial charge in [0, 0.05) is 12.1 Å². The molecule has 1 heterocycles. The van der Waals surface area contributed by atoms with E-state index in [9.17, 15) is 0 Å². The number of hydrogen-bond donors (Lipinski definition) is 1. The van der Waals surface area contributed by atoms with Crippen molar-refractivity contribution in [2.45, 2.75) is 19.4 Å². The molecule has 0 saturated heterocycles. The van der Waals surface area contributed by atoms with Crippen LogP contribution in [0.2, 0.25) is 0 Å². The van der Waals surface area contributed by atoms with Crippen LogP contribution in [0.4, 0.5) is 5.82 Å². The summed E-state index contributed by atoms with van der Waals surface area (Å²) in [6, 6.07) is 2.22. The third-order valence-corrected chi connectivity index (χ3v) is 2.64. The Kier molecular flexibility index (Phi) is 5.25. The topological polar surface area (TPSA) is 47.0 Å². The Morgan fingerprint density at radius 2 is 2.33 bits per heavy atom. The van der Waals surface area contributed by atoms with Crippen LogP contribution in [0.5, 0.6) is 5.88 Å². The third kappa shape index (κ3) is 4.38. The molecule has 1 unspecified atom stereocenters. The molecule has 0 aliphatic heterocycles. The number of anilines is 1. The van der Waals surface area contributed by atoms with Gasteiger partial charge in [-0.1, -0.05) is 0 Å². The van der Waals surface area contributed by atoms with E-state index in [2.05, 4.69) is 28.5 Å². The minimum Gasteiger partial charge on any atom is -0.481 e. The first-order valence-electron chi connectivity index (χ1n) is 4.87. The quantitative estimate of drug-likeness (QED) is 0.806. The first-order chi connectivity index (χ1) is 7.26. The molecule has 1 N–H and O–H groups in total. The zero-order valence-corrected chi connectivity index (χ0v) is 10.2. The number of methoxy groups -OCH3 is 1. The predicted octanol–water partition coefficient (Wildman–Crippen LogP) is 2.04. The van der Waals surface area contributed by atoms with Gasteiger partial charge >= 0.3 is 0 Å². The number of hydrogen-bond acceptors (Lipinski definition) is 5. The Labute approximate surface area is 94.8 Å². The monoisotopic (exact) mass is 227 g/mol. The van der Waals surface area contributed by atoms with Crippen molar-refractivity contribution in [3.05, 3.63) is 12.4 Å². The predicted molar refractivity (Wildman–Crippen MR) is 64.7 cm³/mol. The maximum atomic E-state index is 5.02. The van der Waals surface area contributed by atoms with Gasteiger partial charge in [-0.15, -0.1) is 0 Å². The molecule has 0 bridgehead atoms. The molecule has 1 aromatic heterocycles. The molecule has 4 nitrogen and oxygen atoms in total. The highest BCUT2D eigenvalue weighted by Gasteiger charge is 2.03. The lowest BCUT2D eigenvalue weighted by atomic mass is 10.2. The van der Waals surface area contributed by atoms with E-state index in [4.69, 9.17) is 4.74 Å². The van der Waals surface area contributed by atoms with Gasteiger partial charge in [0.15, 0.2) is 0 Å². The summed E-state index contributed by atoms with van der Waals surface area (Å²) in [6.45, 7) is 2.14. The fourth-order valence-electron chi connectivity index (χ4n) is 1.15. The van der Waals surface area contributed by atoms with Gasteiger partial charge in [0.05, 0.1) is 7.11 Å². The second kappa shape index (κ2) is 6.50. The number of thioether (sulfide) groups is 1. The highest BCUT2D eigenvalue weighted by atomic mass is 32.2. The average Bonchev–Trinajstić information content (AvgIpc) is 2.26. The van der Waals surface area contributed by atoms with Gasteiger partial charge in [-0.3, -0.25) is 0 Å². The van der Waals surface area contributed by atoms with E-state index in [1.54, 1.807) is 13.2 Å². The molecular weight excluding hydrogens is 210 g/mol. The van der Waals surface area contributed by atoms with Crippen molar-refractivity contribution in [3.8, 4) is 5.88 Å². The van der Waals surface area contributed by atoms with E-state index in [0.717, 1.165) is 18.0 Å². The Hall–Kier alpha value is -0.970. The van der Waals surface area contributed by atoms with Gasteiger partial charge in [0.25, 0.3) is 0 Å². The Bertz CT molecular complexity index is 296. The Morgan fingerprint density at radius 3 is 3.00 bits per heavy atom. The molecule has 0 fully saturated rings. The largest absolute Gasteiger partial charge is 0.481 e. The molecule has 0 spiro atoms. The van der Waals surface area contributed by atoms with E-state index in [0.29, 0.717) is 11.9 Å². The molecule has 84 valence electrons. The van der Waals surface area contributed by atoms with Crippen LogP contribution in [0.25, 0.3) is 0 Å². The zero-order valence-electron chi connectivity index (χ0n) is 9.36. The summed E-state index contributed by atoms with van der Waals surface area (Å²) in [6.07, 6.45) is 4.73. The highest BCUT2D eigenvalue weighted by molar-refractivity contribution is 7.98. The molecule has 5 heteroatoms. The molecule has 0 aromatic carbocycles. The number of aromatic nitrogens is 2. The van der Waals surface area contributed by atoms with Crippen LogP contribution in [0.15, 0.2) is 12.4 Å². The maximum absolute atomic E-state index is 5.02. The average molecular weight is 227 g/mol. The first-order valence-corrected chi connectivity index (χ1v) is 6.27.